The summed E-state index contributed by atoms with van der Waals surface area (Å²) >= 11 is 1.66. The molecule has 8 heteroatoms. The number of aliphatic imine (C=N–C) groups is 1. The Bertz CT molecular complexity index is 691. The maximum absolute atomic E-state index is 5.48. The van der Waals surface area contributed by atoms with Gasteiger partial charge in [-0.1, -0.05) is 0 Å². The van der Waals surface area contributed by atoms with E-state index in [-0.39, 0.29) is 0 Å². The molecule has 2 aromatic rings. The lowest BCUT2D eigenvalue weighted by atomic mass is 10.2. The highest BCUT2D eigenvalue weighted by Gasteiger charge is 2.30. The van der Waals surface area contributed by atoms with Crippen molar-refractivity contribution < 1.29 is 4.74 Å². The van der Waals surface area contributed by atoms with E-state index in [0.29, 0.717) is 12.6 Å². The highest BCUT2D eigenvalue weighted by atomic mass is 32.1. The molecule has 0 aromatic carbocycles. The molecule has 1 N–H and O–H groups in total. The summed E-state index contributed by atoms with van der Waals surface area (Å²) < 4.78 is 7.54. The lowest BCUT2D eigenvalue weighted by molar-refractivity contribution is 0.0195. The number of guanidine groups is 1. The van der Waals surface area contributed by atoms with E-state index in [1.54, 1.807) is 11.3 Å². The van der Waals surface area contributed by atoms with Gasteiger partial charge in [0.05, 0.1) is 25.5 Å². The summed E-state index contributed by atoms with van der Waals surface area (Å²) in [4.78, 5) is 15.5. The second-order valence-electron chi connectivity index (χ2n) is 6.53. The largest absolute Gasteiger partial charge is 0.379 e. The number of hydrogen-bond acceptors (Lipinski definition) is 5. The molecule has 2 aromatic heterocycles. The highest BCUT2D eigenvalue weighted by molar-refractivity contribution is 7.15. The molecule has 7 nitrogen and oxygen atoms in total. The van der Waals surface area contributed by atoms with E-state index in [0.717, 1.165) is 62.6 Å². The first-order valence-corrected chi connectivity index (χ1v) is 9.97. The molecule has 0 amide bonds. The predicted molar refractivity (Wildman–Crippen MR) is 100 cm³/mol. The fourth-order valence-electron chi connectivity index (χ4n) is 3.61. The number of likely N-dealkylation sites (tertiary alicyclic amines) is 1. The minimum atomic E-state index is 0.616. The Morgan fingerprint density at radius 1 is 1.40 bits per heavy atom. The van der Waals surface area contributed by atoms with Crippen molar-refractivity contribution in [3.05, 3.63) is 23.5 Å². The Morgan fingerprint density at radius 2 is 2.28 bits per heavy atom. The normalized spacial score (nSPS) is 22.8. The summed E-state index contributed by atoms with van der Waals surface area (Å²) in [7, 11) is 0. The van der Waals surface area contributed by atoms with Crippen molar-refractivity contribution in [2.45, 2.75) is 25.9 Å². The van der Waals surface area contributed by atoms with Gasteiger partial charge in [-0.2, -0.15) is 0 Å². The molecular weight excluding hydrogens is 336 g/mol. The third-order valence-electron chi connectivity index (χ3n) is 4.89. The van der Waals surface area contributed by atoms with E-state index in [4.69, 9.17) is 9.73 Å². The van der Waals surface area contributed by atoms with Crippen LogP contribution in [0.4, 0.5) is 0 Å². The molecule has 4 heterocycles. The fraction of sp³-hybridized carbons (Fsp3) is 0.647. The van der Waals surface area contributed by atoms with Crippen molar-refractivity contribution in [2.24, 2.45) is 4.99 Å². The standard InChI is InChI=1S/C17H26N6OS/c1-2-18-16(19-11-14-12-23-7-10-25-17(23)20-14)22-4-3-15(13-22)21-5-8-24-9-6-21/h7,10,12,15H,2-6,8-9,11,13H2,1H3,(H,18,19). The summed E-state index contributed by atoms with van der Waals surface area (Å²) in [5.74, 6) is 1.01. The minimum Gasteiger partial charge on any atom is -0.379 e. The molecule has 2 aliphatic rings. The molecule has 2 fully saturated rings. The first-order chi connectivity index (χ1) is 12.3. The van der Waals surface area contributed by atoms with Crippen molar-refractivity contribution in [2.75, 3.05) is 45.9 Å². The summed E-state index contributed by atoms with van der Waals surface area (Å²) in [6.45, 7) is 9.57. The van der Waals surface area contributed by atoms with Crippen LogP contribution < -0.4 is 5.32 Å². The molecule has 2 aliphatic heterocycles. The monoisotopic (exact) mass is 362 g/mol. The van der Waals surface area contributed by atoms with Crippen LogP contribution in [0.1, 0.15) is 19.0 Å². The third-order valence-corrected chi connectivity index (χ3v) is 5.66. The van der Waals surface area contributed by atoms with E-state index >= 15 is 0 Å². The summed E-state index contributed by atoms with van der Waals surface area (Å²) in [6.07, 6.45) is 5.31. The van der Waals surface area contributed by atoms with Gasteiger partial charge in [0.1, 0.15) is 0 Å². The Morgan fingerprint density at radius 3 is 3.08 bits per heavy atom. The molecule has 0 saturated carbocycles. The quantitative estimate of drug-likeness (QED) is 0.656. The Labute approximate surface area is 152 Å². The van der Waals surface area contributed by atoms with Gasteiger partial charge >= 0.3 is 0 Å². The maximum atomic E-state index is 5.48. The number of nitrogens with zero attached hydrogens (tertiary/aromatic N) is 5. The van der Waals surface area contributed by atoms with Crippen LogP contribution in [-0.2, 0) is 11.3 Å². The molecule has 0 bridgehead atoms. The number of imidazole rings is 1. The molecule has 2 saturated heterocycles. The number of fused-ring (bicyclic) bond motifs is 1. The first kappa shape index (κ1) is 16.8. The van der Waals surface area contributed by atoms with Crippen LogP contribution in [0.5, 0.6) is 0 Å². The Hall–Kier alpha value is -1.64. The molecule has 25 heavy (non-hydrogen) atoms. The van der Waals surface area contributed by atoms with Crippen LogP contribution in [0, 0.1) is 0 Å². The predicted octanol–water partition coefficient (Wildman–Crippen LogP) is 1.27. The van der Waals surface area contributed by atoms with E-state index in [1.165, 1.54) is 6.42 Å². The molecule has 4 rings (SSSR count). The van der Waals surface area contributed by atoms with Crippen LogP contribution in [0.2, 0.25) is 0 Å². The minimum absolute atomic E-state index is 0.616. The van der Waals surface area contributed by atoms with Crippen molar-refractivity contribution in [3.8, 4) is 0 Å². The maximum Gasteiger partial charge on any atom is 0.194 e. The van der Waals surface area contributed by atoms with Crippen LogP contribution in [-0.4, -0.2) is 77.1 Å². The van der Waals surface area contributed by atoms with E-state index in [1.807, 2.05) is 6.20 Å². The average molecular weight is 363 g/mol. The van der Waals surface area contributed by atoms with E-state index < -0.39 is 0 Å². The van der Waals surface area contributed by atoms with Crippen molar-refractivity contribution in [1.82, 2.24) is 24.5 Å². The number of thiazole rings is 1. The van der Waals surface area contributed by atoms with Crippen molar-refractivity contribution >= 4 is 22.3 Å². The number of aromatic nitrogens is 2. The van der Waals surface area contributed by atoms with Gasteiger partial charge in [-0.25, -0.2) is 9.98 Å². The number of ether oxygens (including phenoxy) is 1. The second-order valence-corrected chi connectivity index (χ2v) is 7.41. The number of morpholine rings is 1. The molecular formula is C17H26N6OS. The molecule has 0 radical (unpaired) electrons. The molecule has 0 spiro atoms. The lowest BCUT2D eigenvalue weighted by Gasteiger charge is -2.32. The first-order valence-electron chi connectivity index (χ1n) is 9.09. The van der Waals surface area contributed by atoms with Gasteiger partial charge in [0.25, 0.3) is 0 Å². The zero-order valence-corrected chi connectivity index (χ0v) is 15.5. The van der Waals surface area contributed by atoms with Crippen LogP contribution in [0.3, 0.4) is 0 Å². The topological polar surface area (TPSA) is 57.4 Å². The molecule has 0 aliphatic carbocycles. The van der Waals surface area contributed by atoms with E-state index in [9.17, 15) is 0 Å². The average Bonchev–Trinajstić information content (AvgIpc) is 3.35. The van der Waals surface area contributed by atoms with Crippen molar-refractivity contribution in [1.29, 1.82) is 0 Å². The van der Waals surface area contributed by atoms with Gasteiger partial charge in [0, 0.05) is 56.5 Å². The summed E-state index contributed by atoms with van der Waals surface area (Å²) in [5.41, 5.74) is 1.02. The second kappa shape index (κ2) is 7.72. The summed E-state index contributed by atoms with van der Waals surface area (Å²) in [5, 5.41) is 5.50. The SMILES string of the molecule is CCNC(=NCc1cn2ccsc2n1)N1CCC(N2CCOCC2)C1. The van der Waals surface area contributed by atoms with Gasteiger partial charge in [-0.3, -0.25) is 9.30 Å². The fourth-order valence-corrected chi connectivity index (χ4v) is 4.33. The van der Waals surface area contributed by atoms with Gasteiger partial charge in [-0.05, 0) is 13.3 Å². The summed E-state index contributed by atoms with van der Waals surface area (Å²) in [6, 6.07) is 0.616. The Kier molecular flexibility index (Phi) is 5.19. The molecule has 1 unspecified atom stereocenters. The number of hydrogen-bond donors (Lipinski definition) is 1. The smallest absolute Gasteiger partial charge is 0.194 e. The highest BCUT2D eigenvalue weighted by Crippen LogP contribution is 2.17. The van der Waals surface area contributed by atoms with E-state index in [2.05, 4.69) is 43.0 Å². The van der Waals surface area contributed by atoms with Crippen LogP contribution in [0.25, 0.3) is 4.96 Å². The van der Waals surface area contributed by atoms with Crippen molar-refractivity contribution in [3.63, 3.8) is 0 Å². The third kappa shape index (κ3) is 3.80. The molecule has 136 valence electrons. The Balaban J connectivity index is 1.40. The van der Waals surface area contributed by atoms with Gasteiger partial charge in [0.15, 0.2) is 10.9 Å². The zero-order valence-electron chi connectivity index (χ0n) is 14.7. The van der Waals surface area contributed by atoms with Gasteiger partial charge in [-0.15, -0.1) is 11.3 Å². The number of nitrogens with one attached hydrogen (secondary N) is 1. The van der Waals surface area contributed by atoms with Crippen LogP contribution in [0.15, 0.2) is 22.8 Å². The van der Waals surface area contributed by atoms with Gasteiger partial charge < -0.3 is 15.0 Å². The zero-order chi connectivity index (χ0) is 17.1. The number of rotatable bonds is 4. The lowest BCUT2D eigenvalue weighted by Crippen LogP contribution is -2.46. The molecule has 1 atom stereocenters. The van der Waals surface area contributed by atoms with Gasteiger partial charge in [0.2, 0.25) is 0 Å². The van der Waals surface area contributed by atoms with Crippen LogP contribution >= 0.6 is 11.3 Å².